The summed E-state index contributed by atoms with van der Waals surface area (Å²) >= 11 is 0. The fourth-order valence-corrected chi connectivity index (χ4v) is 4.08. The number of allylic oxidation sites excluding steroid dienone is 1. The van der Waals surface area contributed by atoms with E-state index in [9.17, 15) is 14.7 Å². The molecule has 0 bridgehead atoms. The monoisotopic (exact) mass is 372 g/mol. The number of hydrogen-bond acceptors (Lipinski definition) is 3. The first-order valence-corrected chi connectivity index (χ1v) is 9.68. The van der Waals surface area contributed by atoms with Gasteiger partial charge in [-0.05, 0) is 24.0 Å². The number of aliphatic hydroxyl groups is 1. The molecule has 27 heavy (non-hydrogen) atoms. The Hall–Kier alpha value is -2.14. The van der Waals surface area contributed by atoms with Crippen molar-refractivity contribution in [2.45, 2.75) is 52.6 Å². The second kappa shape index (κ2) is 9.18. The average Bonchev–Trinajstić information content (AvgIpc) is 2.58. The topological polar surface area (TPSA) is 60.9 Å². The highest BCUT2D eigenvalue weighted by atomic mass is 16.3. The molecular weight excluding hydrogens is 340 g/mol. The first-order valence-electron chi connectivity index (χ1n) is 9.68. The Balaban J connectivity index is 2.30. The van der Waals surface area contributed by atoms with Crippen LogP contribution >= 0.6 is 0 Å². The zero-order chi connectivity index (χ0) is 20.1. The van der Waals surface area contributed by atoms with Crippen LogP contribution in [0.4, 0.5) is 0 Å². The quantitative estimate of drug-likeness (QED) is 0.801. The molecule has 5 nitrogen and oxygen atoms in total. The lowest BCUT2D eigenvalue weighted by atomic mass is 9.74. The van der Waals surface area contributed by atoms with Gasteiger partial charge in [-0.2, -0.15) is 0 Å². The molecule has 0 saturated carbocycles. The molecule has 0 aromatic heterocycles. The molecular formula is C22H32N2O3. The Kier molecular flexibility index (Phi) is 7.19. The van der Waals surface area contributed by atoms with Gasteiger partial charge in [0.1, 0.15) is 0 Å². The maximum absolute atomic E-state index is 12.2. The van der Waals surface area contributed by atoms with E-state index in [1.54, 1.807) is 11.8 Å². The molecule has 1 aliphatic heterocycles. The molecule has 1 aromatic rings. The van der Waals surface area contributed by atoms with Crippen molar-refractivity contribution in [2.24, 2.45) is 5.92 Å². The van der Waals surface area contributed by atoms with Gasteiger partial charge in [0.2, 0.25) is 11.8 Å². The lowest BCUT2D eigenvalue weighted by Gasteiger charge is -2.55. The summed E-state index contributed by atoms with van der Waals surface area (Å²) in [7, 11) is 0. The molecule has 1 saturated heterocycles. The molecule has 0 spiro atoms. The predicted octanol–water partition coefficient (Wildman–Crippen LogP) is 2.90. The number of hydrogen-bond donors (Lipinski definition) is 1. The fourth-order valence-electron chi connectivity index (χ4n) is 4.08. The van der Waals surface area contributed by atoms with Crippen LogP contribution in [0.1, 0.15) is 51.7 Å². The van der Waals surface area contributed by atoms with E-state index in [4.69, 9.17) is 0 Å². The molecule has 2 rings (SSSR count). The molecule has 3 atom stereocenters. The minimum atomic E-state index is -0.243. The summed E-state index contributed by atoms with van der Waals surface area (Å²) in [5.74, 6) is 0.329. The first kappa shape index (κ1) is 21.2. The first-order chi connectivity index (χ1) is 12.8. The van der Waals surface area contributed by atoms with Crippen molar-refractivity contribution in [1.29, 1.82) is 0 Å². The fraction of sp³-hybridized carbons (Fsp3) is 0.545. The third-order valence-electron chi connectivity index (χ3n) is 5.21. The molecule has 0 aliphatic carbocycles. The maximum atomic E-state index is 12.2. The number of carbonyl (C=O) groups is 2. The molecule has 1 aromatic carbocycles. The van der Waals surface area contributed by atoms with E-state index >= 15 is 0 Å². The van der Waals surface area contributed by atoms with Crippen LogP contribution in [-0.2, 0) is 9.59 Å². The smallest absolute Gasteiger partial charge is 0.220 e. The van der Waals surface area contributed by atoms with Crippen LogP contribution in [0.5, 0.6) is 0 Å². The predicted molar refractivity (Wildman–Crippen MR) is 108 cm³/mol. The summed E-state index contributed by atoms with van der Waals surface area (Å²) in [6, 6.07) is 7.87. The Morgan fingerprint density at radius 2 is 1.81 bits per heavy atom. The third kappa shape index (κ3) is 4.78. The number of benzene rings is 1. The second-order valence-corrected chi connectivity index (χ2v) is 7.75. The lowest BCUT2D eigenvalue weighted by molar-refractivity contribution is -0.152. The van der Waals surface area contributed by atoms with Gasteiger partial charge < -0.3 is 14.9 Å². The van der Waals surface area contributed by atoms with Gasteiger partial charge in [-0.15, -0.1) is 0 Å². The number of amides is 2. The minimum Gasteiger partial charge on any atom is -0.394 e. The van der Waals surface area contributed by atoms with E-state index in [0.717, 1.165) is 11.1 Å². The van der Waals surface area contributed by atoms with Crippen LogP contribution in [0.25, 0.3) is 6.08 Å². The van der Waals surface area contributed by atoms with Crippen molar-refractivity contribution in [2.75, 3.05) is 19.7 Å². The SMILES string of the molecule is C/C=C/c1ccc([C@H]2[C@@H](CO)N(C(C)=O)[C@H]2CN(CC(C)C)C(C)=O)cc1. The molecule has 148 valence electrons. The Labute approximate surface area is 162 Å². The largest absolute Gasteiger partial charge is 0.394 e. The maximum Gasteiger partial charge on any atom is 0.220 e. The van der Waals surface area contributed by atoms with E-state index in [0.29, 0.717) is 19.0 Å². The second-order valence-electron chi connectivity index (χ2n) is 7.75. The van der Waals surface area contributed by atoms with Crippen molar-refractivity contribution in [3.05, 3.63) is 41.5 Å². The molecule has 1 aliphatic rings. The molecule has 5 heteroatoms. The summed E-state index contributed by atoms with van der Waals surface area (Å²) < 4.78 is 0. The van der Waals surface area contributed by atoms with Gasteiger partial charge in [0.15, 0.2) is 0 Å². The van der Waals surface area contributed by atoms with Gasteiger partial charge in [0.05, 0.1) is 18.7 Å². The number of nitrogens with zero attached hydrogens (tertiary/aromatic N) is 2. The van der Waals surface area contributed by atoms with Crippen molar-refractivity contribution in [3.8, 4) is 0 Å². The number of aliphatic hydroxyl groups excluding tert-OH is 1. The van der Waals surface area contributed by atoms with E-state index in [-0.39, 0.29) is 36.4 Å². The third-order valence-corrected chi connectivity index (χ3v) is 5.21. The van der Waals surface area contributed by atoms with Gasteiger partial charge in [-0.3, -0.25) is 9.59 Å². The Morgan fingerprint density at radius 3 is 2.26 bits per heavy atom. The number of rotatable bonds is 7. The Bertz CT molecular complexity index is 681. The zero-order valence-electron chi connectivity index (χ0n) is 17.1. The summed E-state index contributed by atoms with van der Waals surface area (Å²) in [5.41, 5.74) is 2.21. The molecule has 1 fully saturated rings. The van der Waals surface area contributed by atoms with Crippen molar-refractivity contribution < 1.29 is 14.7 Å². The molecule has 0 unspecified atom stereocenters. The molecule has 0 radical (unpaired) electrons. The van der Waals surface area contributed by atoms with Gasteiger partial charge in [0.25, 0.3) is 0 Å². The van der Waals surface area contributed by atoms with Crippen LogP contribution in [0.2, 0.25) is 0 Å². The van der Waals surface area contributed by atoms with E-state index in [2.05, 4.69) is 26.0 Å². The summed E-state index contributed by atoms with van der Waals surface area (Å²) in [4.78, 5) is 27.9. The summed E-state index contributed by atoms with van der Waals surface area (Å²) in [6.45, 7) is 10.3. The normalized spacial score (nSPS) is 22.2. The van der Waals surface area contributed by atoms with E-state index < -0.39 is 0 Å². The standard InChI is InChI=1S/C22H32N2O3/c1-6-7-18-8-10-19(11-9-18)22-20(24(17(5)27)21(22)14-25)13-23(16(4)26)12-15(2)3/h6-11,15,20-22,25H,12-14H2,1-5H3/b7-6+/t20-,21+,22+/m0/s1. The van der Waals surface area contributed by atoms with Crippen LogP contribution < -0.4 is 0 Å². The van der Waals surface area contributed by atoms with Crippen molar-refractivity contribution >= 4 is 17.9 Å². The van der Waals surface area contributed by atoms with Crippen molar-refractivity contribution in [3.63, 3.8) is 0 Å². The van der Waals surface area contributed by atoms with Gasteiger partial charge in [-0.25, -0.2) is 0 Å². The zero-order valence-corrected chi connectivity index (χ0v) is 17.1. The minimum absolute atomic E-state index is 0.0156. The van der Waals surface area contributed by atoms with Crippen LogP contribution in [0.3, 0.4) is 0 Å². The average molecular weight is 373 g/mol. The van der Waals surface area contributed by atoms with Crippen LogP contribution in [0.15, 0.2) is 30.3 Å². The number of likely N-dealkylation sites (tertiary alicyclic amines) is 1. The van der Waals surface area contributed by atoms with E-state index in [1.165, 1.54) is 6.92 Å². The van der Waals surface area contributed by atoms with Gasteiger partial charge in [-0.1, -0.05) is 50.3 Å². The number of carbonyl (C=O) groups excluding carboxylic acids is 2. The molecule has 2 amide bonds. The highest BCUT2D eigenvalue weighted by molar-refractivity contribution is 5.77. The van der Waals surface area contributed by atoms with Crippen molar-refractivity contribution in [1.82, 2.24) is 9.80 Å². The molecule has 1 N–H and O–H groups in total. The van der Waals surface area contributed by atoms with E-state index in [1.807, 2.05) is 36.1 Å². The highest BCUT2D eigenvalue weighted by Crippen LogP contribution is 2.41. The summed E-state index contributed by atoms with van der Waals surface area (Å²) in [5, 5.41) is 9.90. The highest BCUT2D eigenvalue weighted by Gasteiger charge is 2.50. The van der Waals surface area contributed by atoms with Crippen LogP contribution in [0, 0.1) is 5.92 Å². The summed E-state index contributed by atoms with van der Waals surface area (Å²) in [6.07, 6.45) is 4.03. The van der Waals surface area contributed by atoms with Gasteiger partial charge >= 0.3 is 0 Å². The van der Waals surface area contributed by atoms with Gasteiger partial charge in [0, 0.05) is 32.9 Å². The molecule has 1 heterocycles. The lowest BCUT2D eigenvalue weighted by Crippen LogP contribution is -2.68. The Morgan fingerprint density at radius 1 is 1.19 bits per heavy atom. The van der Waals surface area contributed by atoms with Crippen LogP contribution in [-0.4, -0.2) is 58.5 Å².